The number of guanidine groups is 1. The summed E-state index contributed by atoms with van der Waals surface area (Å²) in [6.07, 6.45) is 2.41. The third kappa shape index (κ3) is 6.97. The van der Waals surface area contributed by atoms with Gasteiger partial charge < -0.3 is 15.4 Å². The Labute approximate surface area is 136 Å². The minimum absolute atomic E-state index is 0.0998. The predicted octanol–water partition coefficient (Wildman–Crippen LogP) is 2.09. The summed E-state index contributed by atoms with van der Waals surface area (Å²) in [7, 11) is 1.84. The lowest BCUT2D eigenvalue weighted by Gasteiger charge is -2.41. The highest BCUT2D eigenvalue weighted by molar-refractivity contribution is 5.80. The molecule has 2 N–H and O–H groups in total. The van der Waals surface area contributed by atoms with Crippen molar-refractivity contribution in [3.8, 4) is 0 Å². The van der Waals surface area contributed by atoms with E-state index in [4.69, 9.17) is 4.74 Å². The summed E-state index contributed by atoms with van der Waals surface area (Å²) in [6.45, 7) is 15.9. The van der Waals surface area contributed by atoms with Gasteiger partial charge in [-0.2, -0.15) is 0 Å². The van der Waals surface area contributed by atoms with Gasteiger partial charge in [-0.25, -0.2) is 0 Å². The molecule has 1 aliphatic heterocycles. The molecule has 1 rings (SSSR count). The van der Waals surface area contributed by atoms with Crippen LogP contribution < -0.4 is 10.6 Å². The molecular weight excluding hydrogens is 276 g/mol. The lowest BCUT2D eigenvalue weighted by Crippen LogP contribution is -2.57. The maximum atomic E-state index is 5.44. The van der Waals surface area contributed by atoms with Crippen molar-refractivity contribution in [1.82, 2.24) is 15.5 Å². The van der Waals surface area contributed by atoms with Gasteiger partial charge in [0, 0.05) is 38.3 Å². The highest BCUT2D eigenvalue weighted by Crippen LogP contribution is 2.15. The van der Waals surface area contributed by atoms with E-state index in [2.05, 4.69) is 55.1 Å². The minimum Gasteiger partial charge on any atom is -0.379 e. The van der Waals surface area contributed by atoms with E-state index in [0.717, 1.165) is 44.7 Å². The van der Waals surface area contributed by atoms with E-state index in [1.807, 2.05) is 7.05 Å². The molecular formula is C17H36N4O. The van der Waals surface area contributed by atoms with E-state index in [1.165, 1.54) is 12.8 Å². The van der Waals surface area contributed by atoms with E-state index < -0.39 is 0 Å². The fraction of sp³-hybridized carbons (Fsp3) is 0.941. The lowest BCUT2D eigenvalue weighted by atomic mass is 10.0. The number of ether oxygens (including phenoxy) is 1. The topological polar surface area (TPSA) is 48.9 Å². The zero-order valence-electron chi connectivity index (χ0n) is 15.4. The van der Waals surface area contributed by atoms with Crippen LogP contribution in [0.5, 0.6) is 0 Å². The first-order valence-corrected chi connectivity index (χ1v) is 8.65. The highest BCUT2D eigenvalue weighted by Gasteiger charge is 2.28. The SMILES string of the molecule is CN=C(NCC(C)(C)N1CCOCC1)NC(C)CCC(C)C. The van der Waals surface area contributed by atoms with E-state index in [-0.39, 0.29) is 5.54 Å². The van der Waals surface area contributed by atoms with E-state index in [0.29, 0.717) is 6.04 Å². The van der Waals surface area contributed by atoms with Crippen molar-refractivity contribution in [2.24, 2.45) is 10.9 Å². The Kier molecular flexibility index (Phi) is 8.18. The van der Waals surface area contributed by atoms with Gasteiger partial charge in [0.1, 0.15) is 0 Å². The average molecular weight is 313 g/mol. The van der Waals surface area contributed by atoms with Crippen LogP contribution in [-0.2, 0) is 4.74 Å². The van der Waals surface area contributed by atoms with Gasteiger partial charge >= 0.3 is 0 Å². The quantitative estimate of drug-likeness (QED) is 0.558. The third-order valence-corrected chi connectivity index (χ3v) is 4.34. The van der Waals surface area contributed by atoms with Crippen molar-refractivity contribution in [3.05, 3.63) is 0 Å². The number of nitrogens with one attached hydrogen (secondary N) is 2. The van der Waals surface area contributed by atoms with Gasteiger partial charge in [-0.3, -0.25) is 9.89 Å². The van der Waals surface area contributed by atoms with E-state index in [9.17, 15) is 0 Å². The second-order valence-electron chi connectivity index (χ2n) is 7.35. The van der Waals surface area contributed by atoms with Crippen LogP contribution >= 0.6 is 0 Å². The normalized spacial score (nSPS) is 19.3. The Morgan fingerprint density at radius 2 is 1.82 bits per heavy atom. The molecule has 22 heavy (non-hydrogen) atoms. The summed E-state index contributed by atoms with van der Waals surface area (Å²) in [5.41, 5.74) is 0.0998. The Morgan fingerprint density at radius 3 is 2.36 bits per heavy atom. The van der Waals surface area contributed by atoms with Crippen LogP contribution in [0.4, 0.5) is 0 Å². The van der Waals surface area contributed by atoms with Gasteiger partial charge in [0.2, 0.25) is 0 Å². The number of morpholine rings is 1. The molecule has 1 aliphatic rings. The van der Waals surface area contributed by atoms with E-state index >= 15 is 0 Å². The molecule has 0 aromatic heterocycles. The predicted molar refractivity (Wildman–Crippen MR) is 94.5 cm³/mol. The monoisotopic (exact) mass is 312 g/mol. The van der Waals surface area contributed by atoms with Gasteiger partial charge in [-0.1, -0.05) is 13.8 Å². The van der Waals surface area contributed by atoms with E-state index in [1.54, 1.807) is 0 Å². The summed E-state index contributed by atoms with van der Waals surface area (Å²) in [4.78, 5) is 6.84. The molecule has 5 nitrogen and oxygen atoms in total. The molecule has 0 bridgehead atoms. The number of nitrogens with zero attached hydrogens (tertiary/aromatic N) is 2. The first-order valence-electron chi connectivity index (χ1n) is 8.65. The zero-order chi connectivity index (χ0) is 16.6. The summed E-state index contributed by atoms with van der Waals surface area (Å²) in [5.74, 6) is 1.65. The largest absolute Gasteiger partial charge is 0.379 e. The Hall–Kier alpha value is -0.810. The summed E-state index contributed by atoms with van der Waals surface area (Å²) < 4.78 is 5.44. The second kappa shape index (κ2) is 9.36. The average Bonchev–Trinajstić information content (AvgIpc) is 2.50. The molecule has 0 aromatic carbocycles. The fourth-order valence-electron chi connectivity index (χ4n) is 2.66. The van der Waals surface area contributed by atoms with Crippen molar-refractivity contribution in [1.29, 1.82) is 0 Å². The maximum absolute atomic E-state index is 5.44. The fourth-order valence-corrected chi connectivity index (χ4v) is 2.66. The highest BCUT2D eigenvalue weighted by atomic mass is 16.5. The zero-order valence-corrected chi connectivity index (χ0v) is 15.4. The molecule has 0 amide bonds. The van der Waals surface area contributed by atoms with Crippen LogP contribution in [0.15, 0.2) is 4.99 Å². The molecule has 1 fully saturated rings. The van der Waals surface area contributed by atoms with Crippen molar-refractivity contribution in [2.75, 3.05) is 39.9 Å². The lowest BCUT2D eigenvalue weighted by molar-refractivity contribution is -0.00834. The molecule has 1 unspecified atom stereocenters. The van der Waals surface area contributed by atoms with Crippen molar-refractivity contribution in [3.63, 3.8) is 0 Å². The Balaban J connectivity index is 2.39. The van der Waals surface area contributed by atoms with Crippen molar-refractivity contribution < 1.29 is 4.74 Å². The van der Waals surface area contributed by atoms with Gasteiger partial charge in [-0.15, -0.1) is 0 Å². The molecule has 0 radical (unpaired) electrons. The summed E-state index contributed by atoms with van der Waals surface area (Å²) in [6, 6.07) is 0.445. The molecule has 0 aromatic rings. The number of aliphatic imine (C=N–C) groups is 1. The number of hydrogen-bond donors (Lipinski definition) is 2. The summed E-state index contributed by atoms with van der Waals surface area (Å²) >= 11 is 0. The first-order chi connectivity index (χ1) is 10.3. The van der Waals surface area contributed by atoms with Gasteiger partial charge in [0.15, 0.2) is 5.96 Å². The summed E-state index contributed by atoms with van der Waals surface area (Å²) in [5, 5.41) is 6.98. The van der Waals surface area contributed by atoms with Crippen LogP contribution in [0.1, 0.15) is 47.5 Å². The molecule has 130 valence electrons. The van der Waals surface area contributed by atoms with Crippen LogP contribution in [0.2, 0.25) is 0 Å². The number of hydrogen-bond acceptors (Lipinski definition) is 3. The van der Waals surface area contributed by atoms with Crippen molar-refractivity contribution in [2.45, 2.75) is 59.0 Å². The maximum Gasteiger partial charge on any atom is 0.191 e. The van der Waals surface area contributed by atoms with Crippen LogP contribution in [0.25, 0.3) is 0 Å². The van der Waals surface area contributed by atoms with Gasteiger partial charge in [0.05, 0.1) is 13.2 Å². The molecule has 1 saturated heterocycles. The number of rotatable bonds is 7. The Bertz CT molecular complexity index is 336. The third-order valence-electron chi connectivity index (χ3n) is 4.34. The Morgan fingerprint density at radius 1 is 1.18 bits per heavy atom. The standard InChI is InChI=1S/C17H36N4O/c1-14(2)7-8-15(3)20-16(18-6)19-13-17(4,5)21-9-11-22-12-10-21/h14-15H,7-13H2,1-6H3,(H2,18,19,20). The van der Waals surface area contributed by atoms with Crippen LogP contribution in [0, 0.1) is 5.92 Å². The molecule has 0 saturated carbocycles. The van der Waals surface area contributed by atoms with Gasteiger partial charge in [-0.05, 0) is 39.5 Å². The first kappa shape index (κ1) is 19.2. The smallest absolute Gasteiger partial charge is 0.191 e. The molecule has 1 heterocycles. The van der Waals surface area contributed by atoms with Crippen LogP contribution in [0.3, 0.4) is 0 Å². The molecule has 5 heteroatoms. The molecule has 0 spiro atoms. The van der Waals surface area contributed by atoms with Gasteiger partial charge in [0.25, 0.3) is 0 Å². The van der Waals surface area contributed by atoms with Crippen LogP contribution in [-0.4, -0.2) is 62.3 Å². The minimum atomic E-state index is 0.0998. The van der Waals surface area contributed by atoms with Crippen molar-refractivity contribution >= 4 is 5.96 Å². The second-order valence-corrected chi connectivity index (χ2v) is 7.35. The molecule has 0 aliphatic carbocycles. The molecule has 1 atom stereocenters.